The van der Waals surface area contributed by atoms with Crippen LogP contribution >= 0.6 is 0 Å². The maximum atomic E-state index is 5.72. The molecule has 0 atom stereocenters. The first-order valence-electron chi connectivity index (χ1n) is 5.66. The van der Waals surface area contributed by atoms with Crippen molar-refractivity contribution < 1.29 is 4.74 Å². The Hall–Kier alpha value is -1.36. The van der Waals surface area contributed by atoms with Gasteiger partial charge in [-0.3, -0.25) is 0 Å². The minimum absolute atomic E-state index is 0.279. The number of rotatable bonds is 5. The zero-order valence-corrected chi connectivity index (χ0v) is 9.73. The highest BCUT2D eigenvalue weighted by atomic mass is 16.5. The molecular formula is C11H18N4O. The molecule has 1 aromatic heterocycles. The minimum Gasteiger partial charge on any atom is -0.477 e. The molecule has 1 saturated carbocycles. The molecule has 3 N–H and O–H groups in total. The number of hydrogen-bond donors (Lipinski definition) is 2. The van der Waals surface area contributed by atoms with E-state index in [0.717, 1.165) is 12.2 Å². The van der Waals surface area contributed by atoms with E-state index in [1.165, 1.54) is 19.2 Å². The predicted molar refractivity (Wildman–Crippen MR) is 62.2 cm³/mol. The highest BCUT2D eigenvalue weighted by Crippen LogP contribution is 2.33. The summed E-state index contributed by atoms with van der Waals surface area (Å²) in [5, 5.41) is 0. The fourth-order valence-corrected chi connectivity index (χ4v) is 1.61. The number of nitrogen functional groups attached to an aromatic ring is 1. The number of nitrogens with one attached hydrogen (secondary N) is 1. The van der Waals surface area contributed by atoms with Crippen molar-refractivity contribution in [1.29, 1.82) is 0 Å². The molecule has 1 aliphatic rings. The van der Waals surface area contributed by atoms with Gasteiger partial charge in [0.05, 0.1) is 12.2 Å². The lowest BCUT2D eigenvalue weighted by molar-refractivity contribution is 0.284. The fourth-order valence-electron chi connectivity index (χ4n) is 1.61. The number of aromatic nitrogens is 2. The molecule has 0 radical (unpaired) electrons. The van der Waals surface area contributed by atoms with E-state index in [1.54, 1.807) is 0 Å². The molecule has 0 unspecified atom stereocenters. The van der Waals surface area contributed by atoms with E-state index < -0.39 is 0 Å². The van der Waals surface area contributed by atoms with Crippen LogP contribution in [0.3, 0.4) is 0 Å². The van der Waals surface area contributed by atoms with E-state index in [1.807, 2.05) is 0 Å². The highest BCUT2D eigenvalue weighted by molar-refractivity contribution is 5.49. The van der Waals surface area contributed by atoms with Gasteiger partial charge in [-0.2, -0.15) is 0 Å². The second kappa shape index (κ2) is 4.65. The van der Waals surface area contributed by atoms with Gasteiger partial charge in [-0.05, 0) is 24.7 Å². The molecule has 16 heavy (non-hydrogen) atoms. The average Bonchev–Trinajstić information content (AvgIpc) is 3.09. The first-order chi connectivity index (χ1) is 7.72. The molecule has 0 aliphatic heterocycles. The van der Waals surface area contributed by atoms with E-state index in [0.29, 0.717) is 17.6 Å². The van der Waals surface area contributed by atoms with Gasteiger partial charge in [0, 0.05) is 0 Å². The molecule has 0 aromatic carbocycles. The van der Waals surface area contributed by atoms with Crippen LogP contribution in [0.5, 0.6) is 5.88 Å². The van der Waals surface area contributed by atoms with Crippen LogP contribution in [0.1, 0.15) is 38.2 Å². The topological polar surface area (TPSA) is 73.1 Å². The maximum absolute atomic E-state index is 5.72. The summed E-state index contributed by atoms with van der Waals surface area (Å²) in [5.74, 6) is 7.73. The van der Waals surface area contributed by atoms with Crippen LogP contribution in [-0.2, 0) is 0 Å². The second-order valence-corrected chi connectivity index (χ2v) is 4.49. The normalized spacial score (nSPS) is 15.2. The van der Waals surface area contributed by atoms with Crippen LogP contribution in [0, 0.1) is 5.92 Å². The summed E-state index contributed by atoms with van der Waals surface area (Å²) < 4.78 is 5.72. The highest BCUT2D eigenvalue weighted by Gasteiger charge is 2.23. The number of nitrogens with zero attached hydrogens (tertiary/aromatic N) is 2. The Morgan fingerprint density at radius 3 is 2.81 bits per heavy atom. The molecule has 1 aromatic rings. The van der Waals surface area contributed by atoms with Crippen molar-refractivity contribution in [1.82, 2.24) is 9.97 Å². The molecular weight excluding hydrogens is 204 g/mol. The first kappa shape index (κ1) is 11.1. The van der Waals surface area contributed by atoms with E-state index in [4.69, 9.17) is 10.6 Å². The molecule has 2 rings (SSSR count). The Balaban J connectivity index is 2.19. The van der Waals surface area contributed by atoms with E-state index >= 15 is 0 Å². The number of anilines is 1. The number of ether oxygens (including phenoxy) is 1. The molecule has 1 heterocycles. The molecule has 88 valence electrons. The summed E-state index contributed by atoms with van der Waals surface area (Å²) in [6.45, 7) is 4.90. The molecule has 0 bridgehead atoms. The van der Waals surface area contributed by atoms with Gasteiger partial charge < -0.3 is 10.2 Å². The van der Waals surface area contributed by atoms with Crippen molar-refractivity contribution >= 4 is 5.82 Å². The second-order valence-electron chi connectivity index (χ2n) is 4.49. The van der Waals surface area contributed by atoms with Gasteiger partial charge in [-0.15, -0.1) is 0 Å². The summed E-state index contributed by atoms with van der Waals surface area (Å²) in [7, 11) is 0. The Morgan fingerprint density at radius 1 is 1.50 bits per heavy atom. The Morgan fingerprint density at radius 2 is 2.25 bits per heavy atom. The molecule has 1 fully saturated rings. The lowest BCUT2D eigenvalue weighted by Gasteiger charge is -2.15. The molecule has 5 heteroatoms. The van der Waals surface area contributed by atoms with Gasteiger partial charge in [0.1, 0.15) is 6.33 Å². The van der Waals surface area contributed by atoms with Crippen LogP contribution in [0.25, 0.3) is 0 Å². The van der Waals surface area contributed by atoms with Gasteiger partial charge in [-0.1, -0.05) is 13.8 Å². The van der Waals surface area contributed by atoms with Crippen LogP contribution in [-0.4, -0.2) is 16.6 Å². The van der Waals surface area contributed by atoms with E-state index in [-0.39, 0.29) is 5.92 Å². The van der Waals surface area contributed by atoms with Crippen LogP contribution in [0.2, 0.25) is 0 Å². The number of hydrazine groups is 1. The Labute approximate surface area is 95.4 Å². The third-order valence-corrected chi connectivity index (χ3v) is 2.71. The van der Waals surface area contributed by atoms with Crippen LogP contribution in [0.4, 0.5) is 5.82 Å². The van der Waals surface area contributed by atoms with Crippen LogP contribution < -0.4 is 16.0 Å². The van der Waals surface area contributed by atoms with Gasteiger partial charge in [0.15, 0.2) is 5.82 Å². The van der Waals surface area contributed by atoms with Crippen molar-refractivity contribution in [3.63, 3.8) is 0 Å². The minimum atomic E-state index is 0.279. The zero-order chi connectivity index (χ0) is 11.5. The average molecular weight is 222 g/mol. The third kappa shape index (κ3) is 2.41. The maximum Gasteiger partial charge on any atom is 0.222 e. The summed E-state index contributed by atoms with van der Waals surface area (Å²) in [5.41, 5.74) is 3.54. The summed E-state index contributed by atoms with van der Waals surface area (Å²) in [6, 6.07) is 0. The molecule has 1 aliphatic carbocycles. The van der Waals surface area contributed by atoms with Gasteiger partial charge in [0.25, 0.3) is 0 Å². The SMILES string of the molecule is CC(C)c1c(NN)ncnc1OCC1CC1. The largest absolute Gasteiger partial charge is 0.477 e. The molecule has 0 amide bonds. The predicted octanol–water partition coefficient (Wildman–Crippen LogP) is 1.67. The zero-order valence-electron chi connectivity index (χ0n) is 9.73. The fraction of sp³-hybridized carbons (Fsp3) is 0.636. The third-order valence-electron chi connectivity index (χ3n) is 2.71. The lowest BCUT2D eigenvalue weighted by Crippen LogP contribution is -2.14. The van der Waals surface area contributed by atoms with Gasteiger partial charge >= 0.3 is 0 Å². The van der Waals surface area contributed by atoms with Crippen molar-refractivity contribution in [3.8, 4) is 5.88 Å². The summed E-state index contributed by atoms with van der Waals surface area (Å²) in [4.78, 5) is 8.27. The Bertz CT molecular complexity index is 363. The van der Waals surface area contributed by atoms with Gasteiger partial charge in [0.2, 0.25) is 5.88 Å². The molecule has 0 saturated heterocycles. The van der Waals surface area contributed by atoms with Crippen molar-refractivity contribution in [2.75, 3.05) is 12.0 Å². The summed E-state index contributed by atoms with van der Waals surface area (Å²) in [6.07, 6.45) is 4.01. The quantitative estimate of drug-likeness (QED) is 0.585. The molecule has 0 spiro atoms. The summed E-state index contributed by atoms with van der Waals surface area (Å²) >= 11 is 0. The van der Waals surface area contributed by atoms with Crippen LogP contribution in [0.15, 0.2) is 6.33 Å². The number of hydrogen-bond acceptors (Lipinski definition) is 5. The Kier molecular flexibility index (Phi) is 3.24. The first-order valence-corrected chi connectivity index (χ1v) is 5.66. The van der Waals surface area contributed by atoms with Crippen molar-refractivity contribution in [2.24, 2.45) is 11.8 Å². The monoisotopic (exact) mass is 222 g/mol. The lowest BCUT2D eigenvalue weighted by atomic mass is 10.1. The molecule has 5 nitrogen and oxygen atoms in total. The standard InChI is InChI=1S/C11H18N4O/c1-7(2)9-10(15-12)13-6-14-11(9)16-5-8-3-4-8/h6-8H,3-5,12H2,1-2H3,(H,13,14,15). The number of nitrogens with two attached hydrogens (primary N) is 1. The van der Waals surface area contributed by atoms with Crippen molar-refractivity contribution in [2.45, 2.75) is 32.6 Å². The van der Waals surface area contributed by atoms with Gasteiger partial charge in [-0.25, -0.2) is 15.8 Å². The van der Waals surface area contributed by atoms with Crippen molar-refractivity contribution in [3.05, 3.63) is 11.9 Å². The van der Waals surface area contributed by atoms with E-state index in [9.17, 15) is 0 Å². The smallest absolute Gasteiger partial charge is 0.222 e. The van der Waals surface area contributed by atoms with E-state index in [2.05, 4.69) is 29.2 Å².